The van der Waals surface area contributed by atoms with Crippen LogP contribution in [-0.4, -0.2) is 44.0 Å². The first-order valence-corrected chi connectivity index (χ1v) is 9.06. The molecule has 1 N–H and O–H groups in total. The molecule has 21 heavy (non-hydrogen) atoms. The number of nitrogens with one attached hydrogen (secondary N) is 1. The highest BCUT2D eigenvalue weighted by molar-refractivity contribution is 7.88. The van der Waals surface area contributed by atoms with Crippen LogP contribution in [0.5, 0.6) is 0 Å². The van der Waals surface area contributed by atoms with E-state index in [1.54, 1.807) is 12.1 Å². The Morgan fingerprint density at radius 2 is 2.14 bits per heavy atom. The van der Waals surface area contributed by atoms with Gasteiger partial charge >= 0.3 is 0 Å². The summed E-state index contributed by atoms with van der Waals surface area (Å²) in [4.78, 5) is 11.8. The number of sulfonamides is 1. The molecule has 0 spiro atoms. The summed E-state index contributed by atoms with van der Waals surface area (Å²) in [6, 6.07) is 7.50. The minimum atomic E-state index is -3.42. The summed E-state index contributed by atoms with van der Waals surface area (Å²) in [7, 11) is -3.42. The third-order valence-corrected chi connectivity index (χ3v) is 4.76. The normalized spacial score (nSPS) is 15.2. The van der Waals surface area contributed by atoms with E-state index in [9.17, 15) is 13.2 Å². The zero-order valence-corrected chi connectivity index (χ0v) is 13.5. The monoisotopic (exact) mass is 330 g/mol. The molecule has 1 aliphatic rings. The van der Waals surface area contributed by atoms with Gasteiger partial charge in [-0.05, 0) is 37.0 Å². The highest BCUT2D eigenvalue weighted by atomic mass is 35.5. The number of amides is 1. The van der Waals surface area contributed by atoms with Gasteiger partial charge in [-0.3, -0.25) is 4.79 Å². The molecular formula is C14H19ClN2O3S. The van der Waals surface area contributed by atoms with Gasteiger partial charge in [0.15, 0.2) is 0 Å². The number of nitrogens with zero attached hydrogens (tertiary/aromatic N) is 1. The minimum absolute atomic E-state index is 0.129. The van der Waals surface area contributed by atoms with Gasteiger partial charge in [0.25, 0.3) is 0 Å². The van der Waals surface area contributed by atoms with Crippen molar-refractivity contribution in [3.63, 3.8) is 0 Å². The summed E-state index contributed by atoms with van der Waals surface area (Å²) in [6.45, 7) is 0.132. The van der Waals surface area contributed by atoms with E-state index < -0.39 is 10.0 Å². The van der Waals surface area contributed by atoms with E-state index in [0.29, 0.717) is 11.4 Å². The summed E-state index contributed by atoms with van der Waals surface area (Å²) >= 11 is 5.90. The van der Waals surface area contributed by atoms with Crippen LogP contribution in [0.15, 0.2) is 24.3 Å². The number of halogens is 1. The van der Waals surface area contributed by atoms with E-state index in [0.717, 1.165) is 24.7 Å². The van der Waals surface area contributed by atoms with Gasteiger partial charge in [0, 0.05) is 17.6 Å². The molecule has 1 aromatic rings. The van der Waals surface area contributed by atoms with Crippen molar-refractivity contribution in [2.45, 2.75) is 25.3 Å². The molecule has 7 heteroatoms. The lowest BCUT2D eigenvalue weighted by atomic mass is 10.1. The summed E-state index contributed by atoms with van der Waals surface area (Å²) < 4.78 is 24.8. The Bertz CT molecular complexity index is 614. The topological polar surface area (TPSA) is 66.5 Å². The molecule has 0 bridgehead atoms. The highest BCUT2D eigenvalue weighted by Gasteiger charge is 2.26. The second-order valence-corrected chi connectivity index (χ2v) is 7.74. The van der Waals surface area contributed by atoms with E-state index in [4.69, 9.17) is 11.6 Å². The molecule has 1 fully saturated rings. The van der Waals surface area contributed by atoms with Gasteiger partial charge < -0.3 is 5.32 Å². The van der Waals surface area contributed by atoms with Crippen LogP contribution in [-0.2, 0) is 21.2 Å². The molecule has 0 aliphatic heterocycles. The van der Waals surface area contributed by atoms with Crippen molar-refractivity contribution < 1.29 is 13.2 Å². The molecule has 1 aliphatic carbocycles. The number of hydrogen-bond acceptors (Lipinski definition) is 3. The highest BCUT2D eigenvalue weighted by Crippen LogP contribution is 2.18. The van der Waals surface area contributed by atoms with Crippen LogP contribution in [0, 0.1) is 0 Å². The second kappa shape index (κ2) is 6.77. The van der Waals surface area contributed by atoms with Crippen LogP contribution < -0.4 is 5.32 Å². The Balaban J connectivity index is 1.94. The molecule has 2 rings (SSSR count). The third kappa shape index (κ3) is 5.65. The number of rotatable bonds is 7. The maximum Gasteiger partial charge on any atom is 0.235 e. The summed E-state index contributed by atoms with van der Waals surface area (Å²) in [5, 5.41) is 3.41. The van der Waals surface area contributed by atoms with Crippen LogP contribution in [0.4, 0.5) is 0 Å². The van der Waals surface area contributed by atoms with Crippen molar-refractivity contribution in [1.29, 1.82) is 0 Å². The van der Waals surface area contributed by atoms with Gasteiger partial charge in [-0.15, -0.1) is 0 Å². The van der Waals surface area contributed by atoms with Crippen molar-refractivity contribution in [2.75, 3.05) is 19.3 Å². The predicted octanol–water partition coefficient (Wildman–Crippen LogP) is 1.42. The summed E-state index contributed by atoms with van der Waals surface area (Å²) in [5.74, 6) is -0.242. The minimum Gasteiger partial charge on any atom is -0.352 e. The molecular weight excluding hydrogens is 312 g/mol. The Morgan fingerprint density at radius 3 is 2.71 bits per heavy atom. The van der Waals surface area contributed by atoms with Crippen LogP contribution in [0.3, 0.4) is 0 Å². The number of carbonyl (C=O) groups is 1. The van der Waals surface area contributed by atoms with Gasteiger partial charge in [-0.2, -0.15) is 4.31 Å². The van der Waals surface area contributed by atoms with Crippen molar-refractivity contribution >= 4 is 27.5 Å². The van der Waals surface area contributed by atoms with Gasteiger partial charge in [-0.1, -0.05) is 23.7 Å². The lowest BCUT2D eigenvalue weighted by molar-refractivity contribution is -0.121. The molecule has 0 atom stereocenters. The second-order valence-electron chi connectivity index (χ2n) is 5.32. The summed E-state index contributed by atoms with van der Waals surface area (Å²) in [5.41, 5.74) is 0.943. The van der Waals surface area contributed by atoms with Gasteiger partial charge in [0.05, 0.1) is 12.8 Å². The van der Waals surface area contributed by atoms with E-state index in [2.05, 4.69) is 5.32 Å². The SMILES string of the molecule is CS(=O)(=O)N(CCc1cccc(Cl)c1)CC(=O)NC1CC1. The van der Waals surface area contributed by atoms with Crippen LogP contribution >= 0.6 is 11.6 Å². The van der Waals surface area contributed by atoms with Crippen LogP contribution in [0.1, 0.15) is 18.4 Å². The van der Waals surface area contributed by atoms with Gasteiger partial charge in [0.1, 0.15) is 0 Å². The molecule has 1 aromatic carbocycles. The van der Waals surface area contributed by atoms with E-state index >= 15 is 0 Å². The van der Waals surface area contributed by atoms with Crippen molar-refractivity contribution in [1.82, 2.24) is 9.62 Å². The number of benzene rings is 1. The molecule has 0 saturated heterocycles. The zero-order chi connectivity index (χ0) is 15.5. The Labute approximate surface area is 130 Å². The Kier molecular flexibility index (Phi) is 5.24. The number of hydrogen-bond donors (Lipinski definition) is 1. The molecule has 0 heterocycles. The molecule has 0 radical (unpaired) electrons. The molecule has 116 valence electrons. The average molecular weight is 331 g/mol. The first-order chi connectivity index (χ1) is 9.84. The zero-order valence-electron chi connectivity index (χ0n) is 11.9. The fourth-order valence-corrected chi connectivity index (χ4v) is 2.96. The van der Waals surface area contributed by atoms with Crippen LogP contribution in [0.2, 0.25) is 5.02 Å². The Morgan fingerprint density at radius 1 is 1.43 bits per heavy atom. The fourth-order valence-electron chi connectivity index (χ4n) is 1.97. The first-order valence-electron chi connectivity index (χ1n) is 6.83. The Hall–Kier alpha value is -1.11. The average Bonchev–Trinajstić information content (AvgIpc) is 3.17. The lowest BCUT2D eigenvalue weighted by Gasteiger charge is -2.19. The van der Waals surface area contributed by atoms with E-state index in [-0.39, 0.29) is 25.0 Å². The smallest absolute Gasteiger partial charge is 0.235 e. The van der Waals surface area contributed by atoms with Gasteiger partial charge in [0.2, 0.25) is 15.9 Å². The predicted molar refractivity (Wildman–Crippen MR) is 82.7 cm³/mol. The van der Waals surface area contributed by atoms with E-state index in [1.165, 1.54) is 4.31 Å². The van der Waals surface area contributed by atoms with E-state index in [1.807, 2.05) is 12.1 Å². The first kappa shape index (κ1) is 16.3. The summed E-state index contributed by atoms with van der Waals surface area (Å²) in [6.07, 6.45) is 3.60. The molecule has 0 aromatic heterocycles. The van der Waals surface area contributed by atoms with Crippen molar-refractivity contribution in [3.05, 3.63) is 34.9 Å². The molecule has 1 amide bonds. The fraction of sp³-hybridized carbons (Fsp3) is 0.500. The molecule has 5 nitrogen and oxygen atoms in total. The molecule has 0 unspecified atom stereocenters. The maximum absolute atomic E-state index is 11.8. The van der Waals surface area contributed by atoms with Gasteiger partial charge in [-0.25, -0.2) is 8.42 Å². The molecule has 1 saturated carbocycles. The lowest BCUT2D eigenvalue weighted by Crippen LogP contribution is -2.41. The van der Waals surface area contributed by atoms with Crippen LogP contribution in [0.25, 0.3) is 0 Å². The van der Waals surface area contributed by atoms with Crippen molar-refractivity contribution in [3.8, 4) is 0 Å². The standard InChI is InChI=1S/C14H19ClN2O3S/c1-21(19,20)17(10-14(18)16-13-5-6-13)8-7-11-3-2-4-12(15)9-11/h2-4,9,13H,5-8,10H2,1H3,(H,16,18). The maximum atomic E-state index is 11.8. The quantitative estimate of drug-likeness (QED) is 0.822. The third-order valence-electron chi connectivity index (χ3n) is 3.27. The number of carbonyl (C=O) groups excluding carboxylic acids is 1. The van der Waals surface area contributed by atoms with Crippen molar-refractivity contribution in [2.24, 2.45) is 0 Å². The largest absolute Gasteiger partial charge is 0.352 e.